The van der Waals surface area contributed by atoms with E-state index < -0.39 is 17.9 Å². The van der Waals surface area contributed by atoms with Gasteiger partial charge in [0.1, 0.15) is 5.82 Å². The van der Waals surface area contributed by atoms with Crippen molar-refractivity contribution in [1.29, 1.82) is 0 Å². The zero-order valence-corrected chi connectivity index (χ0v) is 7.71. The molecule has 0 heterocycles. The summed E-state index contributed by atoms with van der Waals surface area (Å²) in [7, 11) is 0. The van der Waals surface area contributed by atoms with Gasteiger partial charge >= 0.3 is 6.36 Å². The fourth-order valence-corrected chi connectivity index (χ4v) is 1.04. The maximum absolute atomic E-state index is 12.7. The molecule has 0 aliphatic heterocycles. The van der Waals surface area contributed by atoms with Crippen molar-refractivity contribution in [3.63, 3.8) is 0 Å². The molecule has 0 N–H and O–H groups in total. The van der Waals surface area contributed by atoms with E-state index in [9.17, 15) is 17.6 Å². The average Bonchev–Trinajstić information content (AvgIpc) is 1.96. The van der Waals surface area contributed by atoms with Crippen LogP contribution in [0.2, 0.25) is 5.02 Å². The van der Waals surface area contributed by atoms with Crippen molar-refractivity contribution in [2.24, 2.45) is 0 Å². The van der Waals surface area contributed by atoms with E-state index in [4.69, 9.17) is 11.6 Å². The van der Waals surface area contributed by atoms with Crippen molar-refractivity contribution < 1.29 is 22.3 Å². The van der Waals surface area contributed by atoms with E-state index in [-0.39, 0.29) is 10.6 Å². The highest BCUT2D eigenvalue weighted by molar-refractivity contribution is 6.32. The molecule has 0 spiro atoms. The molecule has 78 valence electrons. The van der Waals surface area contributed by atoms with E-state index in [2.05, 4.69) is 4.74 Å². The molecule has 0 saturated heterocycles. The molecule has 14 heavy (non-hydrogen) atoms. The van der Waals surface area contributed by atoms with Gasteiger partial charge in [-0.05, 0) is 18.6 Å². The van der Waals surface area contributed by atoms with Gasteiger partial charge in [-0.15, -0.1) is 13.2 Å². The van der Waals surface area contributed by atoms with Crippen LogP contribution in [-0.2, 0) is 0 Å². The minimum atomic E-state index is -4.87. The minimum absolute atomic E-state index is 0.186. The lowest BCUT2D eigenvalue weighted by Crippen LogP contribution is -2.17. The maximum Gasteiger partial charge on any atom is 0.573 e. The van der Waals surface area contributed by atoms with Crippen molar-refractivity contribution in [3.8, 4) is 5.75 Å². The van der Waals surface area contributed by atoms with Crippen LogP contribution in [0.25, 0.3) is 0 Å². The number of alkyl halides is 3. The first-order valence-electron chi connectivity index (χ1n) is 3.51. The molecule has 0 aliphatic rings. The molecule has 1 aromatic carbocycles. The lowest BCUT2D eigenvalue weighted by Gasteiger charge is -2.11. The number of benzene rings is 1. The van der Waals surface area contributed by atoms with Crippen LogP contribution in [-0.4, -0.2) is 6.36 Å². The van der Waals surface area contributed by atoms with Gasteiger partial charge in [-0.1, -0.05) is 11.6 Å². The zero-order chi connectivity index (χ0) is 10.9. The van der Waals surface area contributed by atoms with Gasteiger partial charge < -0.3 is 4.74 Å². The summed E-state index contributed by atoms with van der Waals surface area (Å²) < 4.78 is 51.5. The fraction of sp³-hybridized carbons (Fsp3) is 0.250. The van der Waals surface area contributed by atoms with Crippen molar-refractivity contribution in [3.05, 3.63) is 28.5 Å². The van der Waals surface area contributed by atoms with Crippen LogP contribution in [0.1, 0.15) is 5.56 Å². The molecule has 0 fully saturated rings. The Morgan fingerprint density at radius 2 is 1.86 bits per heavy atom. The van der Waals surface area contributed by atoms with Crippen LogP contribution in [0.15, 0.2) is 12.1 Å². The van der Waals surface area contributed by atoms with E-state index in [0.29, 0.717) is 6.07 Å². The summed E-state index contributed by atoms with van der Waals surface area (Å²) >= 11 is 5.48. The second-order valence-corrected chi connectivity index (χ2v) is 2.96. The summed E-state index contributed by atoms with van der Waals surface area (Å²) in [4.78, 5) is 0. The topological polar surface area (TPSA) is 9.23 Å². The molecular weight excluding hydrogens is 224 g/mol. The maximum atomic E-state index is 12.7. The Bertz CT molecular complexity index is 348. The van der Waals surface area contributed by atoms with Crippen LogP contribution >= 0.6 is 11.6 Å². The van der Waals surface area contributed by atoms with Gasteiger partial charge in [-0.2, -0.15) is 0 Å². The third kappa shape index (κ3) is 2.77. The molecule has 0 aromatic heterocycles. The Hall–Kier alpha value is -0.970. The van der Waals surface area contributed by atoms with Gasteiger partial charge in [0.25, 0.3) is 0 Å². The van der Waals surface area contributed by atoms with Crippen molar-refractivity contribution in [2.75, 3.05) is 0 Å². The third-order valence-electron chi connectivity index (χ3n) is 1.41. The second-order valence-electron chi connectivity index (χ2n) is 2.58. The normalized spacial score (nSPS) is 11.6. The molecule has 1 rings (SSSR count). The quantitative estimate of drug-likeness (QED) is 0.666. The summed E-state index contributed by atoms with van der Waals surface area (Å²) in [6.07, 6.45) is -4.87. The Morgan fingerprint density at radius 3 is 2.36 bits per heavy atom. The van der Waals surface area contributed by atoms with Gasteiger partial charge in [0, 0.05) is 6.07 Å². The van der Waals surface area contributed by atoms with Crippen molar-refractivity contribution in [1.82, 2.24) is 0 Å². The number of halogens is 5. The molecule has 6 heteroatoms. The van der Waals surface area contributed by atoms with Gasteiger partial charge in [-0.25, -0.2) is 4.39 Å². The van der Waals surface area contributed by atoms with Crippen molar-refractivity contribution >= 4 is 11.6 Å². The second kappa shape index (κ2) is 3.65. The molecule has 0 atom stereocenters. The lowest BCUT2D eigenvalue weighted by atomic mass is 10.2. The SMILES string of the molecule is Cc1cc(F)cc(OC(F)(F)F)c1Cl. The molecule has 0 radical (unpaired) electrons. The molecular formula is C8H5ClF4O. The molecule has 0 amide bonds. The van der Waals surface area contributed by atoms with Gasteiger partial charge in [-0.3, -0.25) is 0 Å². The molecule has 1 nitrogen and oxygen atoms in total. The van der Waals surface area contributed by atoms with E-state index in [0.717, 1.165) is 6.07 Å². The van der Waals surface area contributed by atoms with Crippen LogP contribution < -0.4 is 4.74 Å². The zero-order valence-electron chi connectivity index (χ0n) is 6.95. The largest absolute Gasteiger partial charge is 0.573 e. The summed E-state index contributed by atoms with van der Waals surface area (Å²) in [5.74, 6) is -1.55. The van der Waals surface area contributed by atoms with Gasteiger partial charge in [0.05, 0.1) is 5.02 Å². The summed E-state index contributed by atoms with van der Waals surface area (Å²) in [5, 5.41) is -0.247. The van der Waals surface area contributed by atoms with E-state index in [1.54, 1.807) is 0 Å². The first-order valence-corrected chi connectivity index (χ1v) is 3.89. The lowest BCUT2D eigenvalue weighted by molar-refractivity contribution is -0.274. The first kappa shape index (κ1) is 11.1. The summed E-state index contributed by atoms with van der Waals surface area (Å²) in [5.41, 5.74) is 0.186. The standard InChI is InChI=1S/C8H5ClF4O/c1-4-2-5(10)3-6(7(4)9)14-8(11,12)13/h2-3H,1H3. The minimum Gasteiger partial charge on any atom is -0.404 e. The number of hydrogen-bond donors (Lipinski definition) is 0. The van der Waals surface area contributed by atoms with Crippen LogP contribution in [0, 0.1) is 12.7 Å². The molecule has 0 aliphatic carbocycles. The van der Waals surface area contributed by atoms with Crippen molar-refractivity contribution in [2.45, 2.75) is 13.3 Å². The van der Waals surface area contributed by atoms with Crippen LogP contribution in [0.4, 0.5) is 17.6 Å². The predicted octanol–water partition coefficient (Wildman–Crippen LogP) is 3.69. The van der Waals surface area contributed by atoms with E-state index >= 15 is 0 Å². The first-order chi connectivity index (χ1) is 6.29. The number of aryl methyl sites for hydroxylation is 1. The highest BCUT2D eigenvalue weighted by atomic mass is 35.5. The Kier molecular flexibility index (Phi) is 2.89. The van der Waals surface area contributed by atoms with Gasteiger partial charge in [0.15, 0.2) is 5.75 Å². The Balaban J connectivity index is 3.09. The Morgan fingerprint density at radius 1 is 1.29 bits per heavy atom. The predicted molar refractivity (Wildman–Crippen MR) is 42.8 cm³/mol. The molecule has 0 bridgehead atoms. The fourth-order valence-electron chi connectivity index (χ4n) is 0.894. The number of hydrogen-bond acceptors (Lipinski definition) is 1. The van der Waals surface area contributed by atoms with Crippen LogP contribution in [0.5, 0.6) is 5.75 Å². The smallest absolute Gasteiger partial charge is 0.404 e. The van der Waals surface area contributed by atoms with E-state index in [1.807, 2.05) is 0 Å². The third-order valence-corrected chi connectivity index (χ3v) is 1.90. The monoisotopic (exact) mass is 228 g/mol. The molecule has 0 saturated carbocycles. The molecule has 0 unspecified atom stereocenters. The van der Waals surface area contributed by atoms with E-state index in [1.165, 1.54) is 6.92 Å². The van der Waals surface area contributed by atoms with Gasteiger partial charge in [0.2, 0.25) is 0 Å². The Labute approximate surface area is 82.2 Å². The summed E-state index contributed by atoms with van der Waals surface area (Å²) in [6, 6.07) is 1.61. The number of ether oxygens (including phenoxy) is 1. The number of rotatable bonds is 1. The summed E-state index contributed by atoms with van der Waals surface area (Å²) in [6.45, 7) is 1.38. The average molecular weight is 229 g/mol. The molecule has 1 aromatic rings. The van der Waals surface area contributed by atoms with Crippen LogP contribution in [0.3, 0.4) is 0 Å². The highest BCUT2D eigenvalue weighted by Crippen LogP contribution is 2.33. The highest BCUT2D eigenvalue weighted by Gasteiger charge is 2.32.